The molecule has 2 aliphatic heterocycles. The normalized spacial score (nSPS) is 32.6. The van der Waals surface area contributed by atoms with Gasteiger partial charge in [-0.2, -0.15) is 52.7 Å². The summed E-state index contributed by atoms with van der Waals surface area (Å²) in [5.74, 6) is -4.73. The summed E-state index contributed by atoms with van der Waals surface area (Å²) < 4.78 is 176. The van der Waals surface area contributed by atoms with Gasteiger partial charge >= 0.3 is 40.7 Å². The van der Waals surface area contributed by atoms with E-state index < -0.39 is 59.4 Å². The zero-order valence-corrected chi connectivity index (χ0v) is 13.8. The first-order chi connectivity index (χ1) is 11.9. The maximum atomic E-state index is 12.4. The van der Waals surface area contributed by atoms with Crippen molar-refractivity contribution in [1.82, 2.24) is 0 Å². The highest BCUT2D eigenvalue weighted by molar-refractivity contribution is 6.23. The topological polar surface area (TPSA) is 18.5 Å². The van der Waals surface area contributed by atoms with Crippen LogP contribution in [-0.2, 0) is 9.47 Å². The predicted octanol–water partition coefficient (Wildman–Crippen LogP) is 5.92. The van der Waals surface area contributed by atoms with E-state index in [1.165, 1.54) is 0 Å². The third kappa shape index (κ3) is 3.80. The molecule has 2 saturated heterocycles. The van der Waals surface area contributed by atoms with E-state index in [9.17, 15) is 61.5 Å². The van der Waals surface area contributed by atoms with Crippen molar-refractivity contribution in [3.8, 4) is 0 Å². The lowest BCUT2D eigenvalue weighted by molar-refractivity contribution is -0.486. The summed E-state index contributed by atoms with van der Waals surface area (Å²) in [6.45, 7) is -1.73. The van der Waals surface area contributed by atoms with Crippen LogP contribution >= 0.6 is 23.2 Å². The minimum Gasteiger partial charge on any atom is -0.348 e. The molecule has 2 atom stereocenters. The molecule has 18 heteroatoms. The van der Waals surface area contributed by atoms with Gasteiger partial charge in [0.15, 0.2) is 0 Å². The van der Waals surface area contributed by atoms with Gasteiger partial charge in [0.25, 0.3) is 5.60 Å². The Labute approximate surface area is 154 Å². The SMILES string of the molecule is FC(F)(F)C1(C(F)(F)Cl)OCC1(F)F.FC1(F)CC(C(F)(F)F)(C(F)(F)Cl)O1. The number of halogens is 16. The molecular weight excluding hydrogens is 489 g/mol. The van der Waals surface area contributed by atoms with Crippen molar-refractivity contribution < 1.29 is 70.9 Å². The summed E-state index contributed by atoms with van der Waals surface area (Å²) in [7, 11) is 0. The fourth-order valence-corrected chi connectivity index (χ4v) is 2.59. The summed E-state index contributed by atoms with van der Waals surface area (Å²) in [5, 5.41) is -10.1. The Morgan fingerprint density at radius 3 is 1.11 bits per heavy atom. The molecule has 2 heterocycles. The molecular formula is C10H4Cl2F14O2. The average Bonchev–Trinajstić information content (AvgIpc) is 2.28. The molecule has 0 aromatic heterocycles. The summed E-state index contributed by atoms with van der Waals surface area (Å²) in [4.78, 5) is 0. The second-order valence-electron chi connectivity index (χ2n) is 5.41. The largest absolute Gasteiger partial charge is 0.431 e. The molecule has 0 spiro atoms. The number of ether oxygens (including phenoxy) is 2. The number of hydrogen-bond acceptors (Lipinski definition) is 2. The molecule has 2 unspecified atom stereocenters. The van der Waals surface area contributed by atoms with E-state index in [0.717, 1.165) is 0 Å². The fourth-order valence-electron chi connectivity index (χ4n) is 2.08. The summed E-state index contributed by atoms with van der Waals surface area (Å²) in [6.07, 6.45) is -18.0. The Kier molecular flexibility index (Phi) is 5.94. The van der Waals surface area contributed by atoms with Crippen LogP contribution in [0.2, 0.25) is 0 Å². The maximum absolute atomic E-state index is 12.4. The highest BCUT2D eigenvalue weighted by atomic mass is 35.5. The Morgan fingerprint density at radius 2 is 1.07 bits per heavy atom. The van der Waals surface area contributed by atoms with Crippen LogP contribution in [0.25, 0.3) is 0 Å². The van der Waals surface area contributed by atoms with Crippen molar-refractivity contribution in [3.63, 3.8) is 0 Å². The Bertz CT molecular complexity index is 533. The summed E-state index contributed by atoms with van der Waals surface area (Å²) in [5.41, 5.74) is -9.19. The van der Waals surface area contributed by atoms with Crippen LogP contribution < -0.4 is 0 Å². The molecule has 0 saturated carbocycles. The van der Waals surface area contributed by atoms with Crippen molar-refractivity contribution in [2.75, 3.05) is 6.61 Å². The van der Waals surface area contributed by atoms with Crippen molar-refractivity contribution in [2.45, 2.75) is 52.8 Å². The monoisotopic (exact) mass is 492 g/mol. The average molecular weight is 493 g/mol. The lowest BCUT2D eigenvalue weighted by Crippen LogP contribution is -2.77. The molecule has 2 aliphatic rings. The molecule has 0 N–H and O–H groups in total. The van der Waals surface area contributed by atoms with Gasteiger partial charge in [0.2, 0.25) is 0 Å². The van der Waals surface area contributed by atoms with Crippen LogP contribution in [0, 0.1) is 0 Å². The molecule has 0 amide bonds. The van der Waals surface area contributed by atoms with Crippen molar-refractivity contribution in [1.29, 1.82) is 0 Å². The van der Waals surface area contributed by atoms with E-state index in [-0.39, 0.29) is 0 Å². The highest BCUT2D eigenvalue weighted by Gasteiger charge is 2.88. The zero-order valence-electron chi connectivity index (χ0n) is 12.3. The number of rotatable bonds is 2. The van der Waals surface area contributed by atoms with Gasteiger partial charge in [-0.25, -0.2) is 8.78 Å². The van der Waals surface area contributed by atoms with Crippen LogP contribution in [-0.4, -0.2) is 53.0 Å². The summed E-state index contributed by atoms with van der Waals surface area (Å²) in [6, 6.07) is 0. The van der Waals surface area contributed by atoms with Gasteiger partial charge in [0.1, 0.15) is 6.61 Å². The molecule has 28 heavy (non-hydrogen) atoms. The first kappa shape index (κ1) is 25.6. The van der Waals surface area contributed by atoms with Crippen molar-refractivity contribution in [3.05, 3.63) is 0 Å². The van der Waals surface area contributed by atoms with Crippen molar-refractivity contribution >= 4 is 23.2 Å². The maximum Gasteiger partial charge on any atom is 0.431 e. The molecule has 0 radical (unpaired) electrons. The smallest absolute Gasteiger partial charge is 0.348 e. The predicted molar refractivity (Wildman–Crippen MR) is 60.7 cm³/mol. The van der Waals surface area contributed by atoms with Gasteiger partial charge in [0, 0.05) is 0 Å². The second-order valence-corrected chi connectivity index (χ2v) is 6.36. The minimum absolute atomic E-state index is 1.73. The van der Waals surface area contributed by atoms with E-state index in [4.69, 9.17) is 0 Å². The highest BCUT2D eigenvalue weighted by Crippen LogP contribution is 2.61. The molecule has 0 aromatic carbocycles. The summed E-state index contributed by atoms with van der Waals surface area (Å²) >= 11 is 8.09. The number of hydrogen-bond donors (Lipinski definition) is 0. The minimum atomic E-state index is -5.94. The quantitative estimate of drug-likeness (QED) is 0.352. The fraction of sp³-hybridized carbons (Fsp3) is 1.00. The third-order valence-corrected chi connectivity index (χ3v) is 4.05. The number of alkyl halides is 16. The molecule has 168 valence electrons. The Morgan fingerprint density at radius 1 is 0.679 bits per heavy atom. The molecule has 2 rings (SSSR count). The molecule has 0 aliphatic carbocycles. The lowest BCUT2D eigenvalue weighted by Gasteiger charge is -2.50. The van der Waals surface area contributed by atoms with E-state index in [0.29, 0.717) is 0 Å². The van der Waals surface area contributed by atoms with Crippen molar-refractivity contribution in [2.24, 2.45) is 0 Å². The van der Waals surface area contributed by atoms with Crippen LogP contribution in [0.1, 0.15) is 6.42 Å². The van der Waals surface area contributed by atoms with Gasteiger partial charge < -0.3 is 4.74 Å². The lowest BCUT2D eigenvalue weighted by atomic mass is 9.89. The third-order valence-electron chi connectivity index (χ3n) is 3.48. The van der Waals surface area contributed by atoms with Crippen LogP contribution in [0.3, 0.4) is 0 Å². The molecule has 2 nitrogen and oxygen atoms in total. The Balaban J connectivity index is 0.000000280. The first-order valence-corrected chi connectivity index (χ1v) is 6.99. The zero-order chi connectivity index (χ0) is 22.8. The van der Waals surface area contributed by atoms with Gasteiger partial charge in [-0.3, -0.25) is 4.74 Å². The van der Waals surface area contributed by atoms with E-state index in [2.05, 4.69) is 32.7 Å². The van der Waals surface area contributed by atoms with E-state index in [1.54, 1.807) is 0 Å². The first-order valence-electron chi connectivity index (χ1n) is 6.24. The van der Waals surface area contributed by atoms with Crippen LogP contribution in [0.4, 0.5) is 61.5 Å². The van der Waals surface area contributed by atoms with Crippen LogP contribution in [0.5, 0.6) is 0 Å². The molecule has 2 fully saturated rings. The second kappa shape index (κ2) is 6.51. The van der Waals surface area contributed by atoms with Gasteiger partial charge in [-0.15, -0.1) is 0 Å². The van der Waals surface area contributed by atoms with Gasteiger partial charge in [-0.1, -0.05) is 0 Å². The van der Waals surface area contributed by atoms with E-state index in [1.807, 2.05) is 0 Å². The van der Waals surface area contributed by atoms with Crippen LogP contribution in [0.15, 0.2) is 0 Å². The van der Waals surface area contributed by atoms with E-state index >= 15 is 0 Å². The van der Waals surface area contributed by atoms with Gasteiger partial charge in [0.05, 0.1) is 6.42 Å². The molecule has 0 aromatic rings. The molecule has 0 bridgehead atoms. The Hall–Kier alpha value is -0.480. The van der Waals surface area contributed by atoms with Gasteiger partial charge in [-0.05, 0) is 23.2 Å². The standard InChI is InChI=1S/2C5H2ClF7O/c6-4(9,10)3(5(11,12)13)2(7,8)1-14-3;6-4(9,10)2(5(11,12)13)1-3(7,8)14-2/h2*1H2.